The smallest absolute Gasteiger partial charge is 0.272 e. The lowest BCUT2D eigenvalue weighted by atomic mass is 10.1. The predicted octanol–water partition coefficient (Wildman–Crippen LogP) is 8.25. The maximum Gasteiger partial charge on any atom is 0.272 e. The van der Waals surface area contributed by atoms with E-state index >= 15 is 0 Å². The van der Waals surface area contributed by atoms with Crippen molar-refractivity contribution in [3.8, 4) is 0 Å². The number of carbonyl (C=O) groups is 4. The monoisotopic (exact) mass is 664 g/mol. The van der Waals surface area contributed by atoms with E-state index < -0.39 is 17.1 Å². The predicted molar refractivity (Wildman–Crippen MR) is 195 cm³/mol. The summed E-state index contributed by atoms with van der Waals surface area (Å²) in [6.07, 6.45) is 3.44. The third-order valence-electron chi connectivity index (χ3n) is 7.72. The topological polar surface area (TPSA) is 120 Å². The Kier molecular flexibility index (Phi) is 10.1. The number of ketones is 1. The first kappa shape index (κ1) is 32.7. The molecule has 0 saturated heterocycles. The van der Waals surface area contributed by atoms with Gasteiger partial charge in [-0.1, -0.05) is 66.7 Å². The average Bonchev–Trinajstić information content (AvgIpc) is 3.54. The van der Waals surface area contributed by atoms with Crippen LogP contribution < -0.4 is 16.0 Å². The van der Waals surface area contributed by atoms with Crippen molar-refractivity contribution in [2.24, 2.45) is 0 Å². The van der Waals surface area contributed by atoms with Gasteiger partial charge in [0.1, 0.15) is 10.9 Å². The fourth-order valence-corrected chi connectivity index (χ4v) is 6.18. The number of carbonyl (C=O) groups excluding carboxylic acids is 4. The average molecular weight is 665 g/mol. The second-order valence-electron chi connectivity index (χ2n) is 11.2. The van der Waals surface area contributed by atoms with Crippen LogP contribution in [0.1, 0.15) is 44.0 Å². The standard InChI is InChI=1S/C40H32N4O4S/c1-26(45)27-16-18-31(19-17-27)43-40(48)37(28-10-4-2-5-11-28)49-33-22-20-32(21-23-33)42-39(47)36(44-38(46)29-12-6-3-7-13-29)24-30-25-41-35-15-9-8-14-34(30)35/h2-25,37,41H,1H3,(H,42,47)(H,43,48)(H,44,46)/b36-24-/t37-/m1/s1. The molecule has 0 aliphatic carbocycles. The lowest BCUT2D eigenvalue weighted by Crippen LogP contribution is -2.30. The molecule has 4 N–H and O–H groups in total. The molecule has 0 unspecified atom stereocenters. The van der Waals surface area contributed by atoms with Crippen molar-refractivity contribution in [1.29, 1.82) is 0 Å². The molecular weight excluding hydrogens is 633 g/mol. The summed E-state index contributed by atoms with van der Waals surface area (Å²) < 4.78 is 0. The van der Waals surface area contributed by atoms with Crippen LogP contribution in [0.2, 0.25) is 0 Å². The third-order valence-corrected chi connectivity index (χ3v) is 8.98. The molecule has 242 valence electrons. The van der Waals surface area contributed by atoms with Crippen molar-refractivity contribution in [3.05, 3.63) is 168 Å². The van der Waals surface area contributed by atoms with Gasteiger partial charge in [0, 0.05) is 50.1 Å². The summed E-state index contributed by atoms with van der Waals surface area (Å²) in [5, 5.41) is 8.98. The summed E-state index contributed by atoms with van der Waals surface area (Å²) in [6.45, 7) is 1.50. The van der Waals surface area contributed by atoms with Crippen LogP contribution in [0.25, 0.3) is 17.0 Å². The summed E-state index contributed by atoms with van der Waals surface area (Å²) >= 11 is 1.37. The Bertz CT molecular complexity index is 2140. The van der Waals surface area contributed by atoms with Crippen LogP contribution in [0.4, 0.5) is 11.4 Å². The Labute approximate surface area is 287 Å². The van der Waals surface area contributed by atoms with Crippen molar-refractivity contribution >= 4 is 63.6 Å². The van der Waals surface area contributed by atoms with Crippen LogP contribution in [0.5, 0.6) is 0 Å². The van der Waals surface area contributed by atoms with E-state index in [2.05, 4.69) is 20.9 Å². The number of hydrogen-bond acceptors (Lipinski definition) is 5. The molecule has 0 aliphatic heterocycles. The molecule has 0 radical (unpaired) electrons. The van der Waals surface area contributed by atoms with Crippen molar-refractivity contribution in [2.45, 2.75) is 17.1 Å². The SMILES string of the molecule is CC(=O)c1ccc(NC(=O)[C@H](Sc2ccc(NC(=O)/C(=C/c3c[nH]c4ccccc34)NC(=O)c3ccccc3)cc2)c2ccccc2)cc1. The molecule has 1 aromatic heterocycles. The van der Waals surface area contributed by atoms with Crippen LogP contribution in [0, 0.1) is 0 Å². The van der Waals surface area contributed by atoms with E-state index in [4.69, 9.17) is 0 Å². The van der Waals surface area contributed by atoms with E-state index in [0.717, 1.165) is 26.9 Å². The number of hydrogen-bond donors (Lipinski definition) is 4. The van der Waals surface area contributed by atoms with Gasteiger partial charge in [0.15, 0.2) is 5.78 Å². The number of benzene rings is 5. The molecule has 1 heterocycles. The molecule has 3 amide bonds. The number of aromatic nitrogens is 1. The van der Waals surface area contributed by atoms with Gasteiger partial charge in [-0.15, -0.1) is 11.8 Å². The van der Waals surface area contributed by atoms with Gasteiger partial charge in [0.2, 0.25) is 5.91 Å². The van der Waals surface area contributed by atoms with Crippen LogP contribution in [-0.2, 0) is 9.59 Å². The van der Waals surface area contributed by atoms with E-state index in [1.165, 1.54) is 18.7 Å². The van der Waals surface area contributed by atoms with E-state index in [-0.39, 0.29) is 17.4 Å². The van der Waals surface area contributed by atoms with Gasteiger partial charge < -0.3 is 20.9 Å². The zero-order valence-electron chi connectivity index (χ0n) is 26.5. The Morgan fingerprint density at radius 1 is 0.673 bits per heavy atom. The first-order valence-corrected chi connectivity index (χ1v) is 16.4. The maximum atomic E-state index is 13.6. The molecule has 5 aromatic carbocycles. The van der Waals surface area contributed by atoms with Crippen molar-refractivity contribution < 1.29 is 19.2 Å². The number of rotatable bonds is 11. The van der Waals surface area contributed by atoms with Gasteiger partial charge in [-0.25, -0.2) is 0 Å². The molecular formula is C40H32N4O4S. The minimum absolute atomic E-state index is 0.0475. The molecule has 49 heavy (non-hydrogen) atoms. The van der Waals surface area contributed by atoms with Gasteiger partial charge in [0.25, 0.3) is 11.8 Å². The van der Waals surface area contributed by atoms with E-state index in [1.54, 1.807) is 72.9 Å². The molecule has 0 bridgehead atoms. The molecule has 6 aromatic rings. The highest BCUT2D eigenvalue weighted by molar-refractivity contribution is 8.00. The lowest BCUT2D eigenvalue weighted by Gasteiger charge is -2.18. The lowest BCUT2D eigenvalue weighted by molar-refractivity contribution is -0.116. The largest absolute Gasteiger partial charge is 0.361 e. The zero-order chi connectivity index (χ0) is 34.2. The minimum atomic E-state index is -0.576. The number of para-hydroxylation sites is 1. The second kappa shape index (κ2) is 15.1. The summed E-state index contributed by atoms with van der Waals surface area (Å²) in [6, 6.07) is 39.8. The first-order valence-electron chi connectivity index (χ1n) is 15.5. The molecule has 0 fully saturated rings. The van der Waals surface area contributed by atoms with Gasteiger partial charge in [-0.05, 0) is 85.3 Å². The summed E-state index contributed by atoms with van der Waals surface area (Å²) in [5.74, 6) is -1.17. The number of nitrogens with one attached hydrogen (secondary N) is 4. The first-order chi connectivity index (χ1) is 23.8. The molecule has 0 saturated carbocycles. The van der Waals surface area contributed by atoms with Gasteiger partial charge in [-0.3, -0.25) is 19.2 Å². The number of aromatic amines is 1. The van der Waals surface area contributed by atoms with Gasteiger partial charge in [0.05, 0.1) is 0 Å². The number of amides is 3. The van der Waals surface area contributed by atoms with E-state index in [0.29, 0.717) is 22.5 Å². The number of fused-ring (bicyclic) bond motifs is 1. The molecule has 6 rings (SSSR count). The number of Topliss-reactive ketones (excluding diaryl/α,β-unsaturated/α-hetero) is 1. The van der Waals surface area contributed by atoms with Crippen LogP contribution in [0.3, 0.4) is 0 Å². The highest BCUT2D eigenvalue weighted by atomic mass is 32.2. The van der Waals surface area contributed by atoms with Gasteiger partial charge >= 0.3 is 0 Å². The number of thioether (sulfide) groups is 1. The second-order valence-corrected chi connectivity index (χ2v) is 12.4. The fraction of sp³-hybridized carbons (Fsp3) is 0.0500. The van der Waals surface area contributed by atoms with Crippen LogP contribution >= 0.6 is 11.8 Å². The number of H-pyrrole nitrogens is 1. The van der Waals surface area contributed by atoms with Gasteiger partial charge in [-0.2, -0.15) is 0 Å². The van der Waals surface area contributed by atoms with E-state index in [1.807, 2.05) is 72.8 Å². The minimum Gasteiger partial charge on any atom is -0.361 e. The highest BCUT2D eigenvalue weighted by Gasteiger charge is 2.23. The van der Waals surface area contributed by atoms with Crippen LogP contribution in [-0.4, -0.2) is 28.5 Å². The zero-order valence-corrected chi connectivity index (χ0v) is 27.3. The Hall–Kier alpha value is -6.19. The Morgan fingerprint density at radius 3 is 1.98 bits per heavy atom. The summed E-state index contributed by atoms with van der Waals surface area (Å²) in [5.41, 5.74) is 4.65. The fourth-order valence-electron chi connectivity index (χ4n) is 5.16. The van der Waals surface area contributed by atoms with Crippen LogP contribution in [0.15, 0.2) is 150 Å². The van der Waals surface area contributed by atoms with Crippen molar-refractivity contribution in [1.82, 2.24) is 10.3 Å². The van der Waals surface area contributed by atoms with E-state index in [9.17, 15) is 19.2 Å². The normalized spacial score (nSPS) is 11.8. The summed E-state index contributed by atoms with van der Waals surface area (Å²) in [4.78, 5) is 55.9. The highest BCUT2D eigenvalue weighted by Crippen LogP contribution is 2.37. The molecule has 1 atom stereocenters. The molecule has 0 aliphatic rings. The van der Waals surface area contributed by atoms with Crippen molar-refractivity contribution in [2.75, 3.05) is 10.6 Å². The quantitative estimate of drug-likeness (QED) is 0.0632. The third kappa shape index (κ3) is 8.22. The molecule has 9 heteroatoms. The number of anilines is 2. The Balaban J connectivity index is 1.20. The van der Waals surface area contributed by atoms with Crippen molar-refractivity contribution in [3.63, 3.8) is 0 Å². The molecule has 8 nitrogen and oxygen atoms in total. The summed E-state index contributed by atoms with van der Waals surface area (Å²) in [7, 11) is 0. The Morgan fingerprint density at radius 2 is 1.29 bits per heavy atom. The molecule has 0 spiro atoms. The maximum absolute atomic E-state index is 13.6.